The maximum Gasteiger partial charge on any atom is 0.335 e. The van der Waals surface area contributed by atoms with E-state index in [0.717, 1.165) is 25.9 Å². The van der Waals surface area contributed by atoms with Gasteiger partial charge in [0.15, 0.2) is 0 Å². The first-order chi connectivity index (χ1) is 10.1. The minimum Gasteiger partial charge on any atom is -0.478 e. The van der Waals surface area contributed by atoms with Crippen molar-refractivity contribution in [1.29, 1.82) is 0 Å². The predicted octanol–water partition coefficient (Wildman–Crippen LogP) is 4.69. The first-order valence-corrected chi connectivity index (χ1v) is 8.07. The molecule has 0 spiro atoms. The molecule has 1 N–H and O–H groups in total. The van der Waals surface area contributed by atoms with Gasteiger partial charge in [0.2, 0.25) is 0 Å². The van der Waals surface area contributed by atoms with Crippen LogP contribution in [0.1, 0.15) is 68.3 Å². The van der Waals surface area contributed by atoms with Crippen molar-refractivity contribution in [2.75, 3.05) is 6.61 Å². The molecule has 0 aliphatic heterocycles. The van der Waals surface area contributed by atoms with Crippen LogP contribution in [-0.2, 0) is 11.2 Å². The van der Waals surface area contributed by atoms with Crippen molar-refractivity contribution in [3.05, 3.63) is 35.4 Å². The number of aryl methyl sites for hydroxylation is 1. The molecule has 0 bridgehead atoms. The Balaban J connectivity index is 2.11. The molecule has 1 rings (SSSR count). The minimum atomic E-state index is -0.873. The lowest BCUT2D eigenvalue weighted by Crippen LogP contribution is -2.09. The summed E-state index contributed by atoms with van der Waals surface area (Å²) in [6.07, 6.45) is 8.55. The molecule has 118 valence electrons. The van der Waals surface area contributed by atoms with Gasteiger partial charge in [0.25, 0.3) is 0 Å². The minimum absolute atomic E-state index is 0.343. The molecule has 3 heteroatoms. The van der Waals surface area contributed by atoms with Crippen molar-refractivity contribution in [2.45, 2.75) is 64.9 Å². The molecule has 0 fully saturated rings. The second-order valence-electron chi connectivity index (χ2n) is 5.64. The Morgan fingerprint density at radius 2 is 1.86 bits per heavy atom. The molecule has 3 nitrogen and oxygen atoms in total. The summed E-state index contributed by atoms with van der Waals surface area (Å²) in [5, 5.41) is 8.84. The number of benzene rings is 1. The van der Waals surface area contributed by atoms with Gasteiger partial charge in [-0.1, -0.05) is 44.7 Å². The van der Waals surface area contributed by atoms with E-state index in [-0.39, 0.29) is 0 Å². The largest absolute Gasteiger partial charge is 0.478 e. The van der Waals surface area contributed by atoms with Gasteiger partial charge in [0.05, 0.1) is 11.7 Å². The molecule has 0 amide bonds. The lowest BCUT2D eigenvalue weighted by Gasteiger charge is -2.12. The normalized spacial score (nSPS) is 12.3. The van der Waals surface area contributed by atoms with Gasteiger partial charge in [0.1, 0.15) is 0 Å². The lowest BCUT2D eigenvalue weighted by molar-refractivity contribution is 0.0570. The van der Waals surface area contributed by atoms with Crippen LogP contribution in [0.2, 0.25) is 0 Å². The van der Waals surface area contributed by atoms with Crippen LogP contribution in [0.15, 0.2) is 24.3 Å². The number of carbonyl (C=O) groups is 1. The standard InChI is InChI=1S/C18H28O3/c1-3-4-5-6-8-15(2)21-14-7-9-16-10-12-17(13-11-16)18(19)20/h10-13,15H,3-9,14H2,1-2H3,(H,19,20). The van der Waals surface area contributed by atoms with Gasteiger partial charge in [-0.3, -0.25) is 0 Å². The molecule has 0 aliphatic rings. The molecule has 21 heavy (non-hydrogen) atoms. The van der Waals surface area contributed by atoms with E-state index in [2.05, 4.69) is 13.8 Å². The van der Waals surface area contributed by atoms with Gasteiger partial charge < -0.3 is 9.84 Å². The summed E-state index contributed by atoms with van der Waals surface area (Å²) in [6.45, 7) is 5.14. The van der Waals surface area contributed by atoms with E-state index in [9.17, 15) is 4.79 Å². The first kappa shape index (κ1) is 17.7. The van der Waals surface area contributed by atoms with Gasteiger partial charge in [0, 0.05) is 6.61 Å². The summed E-state index contributed by atoms with van der Waals surface area (Å²) in [6, 6.07) is 7.10. The smallest absolute Gasteiger partial charge is 0.335 e. The SMILES string of the molecule is CCCCCCC(C)OCCCc1ccc(C(=O)O)cc1. The Labute approximate surface area is 128 Å². The number of rotatable bonds is 11. The number of carboxylic acids is 1. The topological polar surface area (TPSA) is 46.5 Å². The van der Waals surface area contributed by atoms with Crippen LogP contribution in [0.3, 0.4) is 0 Å². The second-order valence-corrected chi connectivity index (χ2v) is 5.64. The van der Waals surface area contributed by atoms with Crippen molar-refractivity contribution in [1.82, 2.24) is 0 Å². The molecule has 1 atom stereocenters. The molecule has 1 unspecified atom stereocenters. The third-order valence-electron chi connectivity index (χ3n) is 3.68. The molecule has 0 saturated heterocycles. The van der Waals surface area contributed by atoms with E-state index < -0.39 is 5.97 Å². The molecular weight excluding hydrogens is 264 g/mol. The molecule has 0 heterocycles. The maximum atomic E-state index is 10.8. The van der Waals surface area contributed by atoms with E-state index in [1.807, 2.05) is 12.1 Å². The fourth-order valence-corrected chi connectivity index (χ4v) is 2.32. The van der Waals surface area contributed by atoms with Gasteiger partial charge in [-0.05, 0) is 43.9 Å². The van der Waals surface area contributed by atoms with E-state index in [0.29, 0.717) is 11.7 Å². The summed E-state index contributed by atoms with van der Waals surface area (Å²) < 4.78 is 5.81. The number of hydrogen-bond donors (Lipinski definition) is 1. The zero-order valence-corrected chi connectivity index (χ0v) is 13.3. The van der Waals surface area contributed by atoms with Gasteiger partial charge in [-0.25, -0.2) is 4.79 Å². The molecule has 1 aromatic carbocycles. The molecule has 0 aliphatic carbocycles. The molecule has 0 saturated carbocycles. The van der Waals surface area contributed by atoms with Crippen LogP contribution in [0.25, 0.3) is 0 Å². The highest BCUT2D eigenvalue weighted by atomic mass is 16.5. The van der Waals surface area contributed by atoms with Crippen molar-refractivity contribution >= 4 is 5.97 Å². The van der Waals surface area contributed by atoms with E-state index in [4.69, 9.17) is 9.84 Å². The molecule has 1 aromatic rings. The molecular formula is C18H28O3. The van der Waals surface area contributed by atoms with Crippen LogP contribution in [0.4, 0.5) is 0 Å². The van der Waals surface area contributed by atoms with Crippen molar-refractivity contribution in [3.8, 4) is 0 Å². The van der Waals surface area contributed by atoms with Gasteiger partial charge in [-0.15, -0.1) is 0 Å². The Kier molecular flexibility index (Phi) is 8.76. The fourth-order valence-electron chi connectivity index (χ4n) is 2.32. The molecule has 0 aromatic heterocycles. The number of carboxylic acid groups (broad SMARTS) is 1. The summed E-state index contributed by atoms with van der Waals surface area (Å²) in [7, 11) is 0. The number of hydrogen-bond acceptors (Lipinski definition) is 2. The Morgan fingerprint density at radius 3 is 2.48 bits per heavy atom. The summed E-state index contributed by atoms with van der Waals surface area (Å²) in [5.41, 5.74) is 1.51. The van der Waals surface area contributed by atoms with Gasteiger partial charge in [-0.2, -0.15) is 0 Å². The molecule has 0 radical (unpaired) electrons. The average molecular weight is 292 g/mol. The number of aromatic carboxylic acids is 1. The third-order valence-corrected chi connectivity index (χ3v) is 3.68. The average Bonchev–Trinajstić information content (AvgIpc) is 2.48. The summed E-state index contributed by atoms with van der Waals surface area (Å²) >= 11 is 0. The monoisotopic (exact) mass is 292 g/mol. The highest BCUT2D eigenvalue weighted by molar-refractivity contribution is 5.87. The van der Waals surface area contributed by atoms with E-state index >= 15 is 0 Å². The van der Waals surface area contributed by atoms with Crippen molar-refractivity contribution in [3.63, 3.8) is 0 Å². The lowest BCUT2D eigenvalue weighted by atomic mass is 10.1. The van der Waals surface area contributed by atoms with E-state index in [1.165, 1.54) is 31.2 Å². The van der Waals surface area contributed by atoms with Crippen molar-refractivity contribution in [2.24, 2.45) is 0 Å². The predicted molar refractivity (Wildman–Crippen MR) is 85.9 cm³/mol. The van der Waals surface area contributed by atoms with Gasteiger partial charge >= 0.3 is 5.97 Å². The zero-order chi connectivity index (χ0) is 15.5. The Hall–Kier alpha value is -1.35. The third kappa shape index (κ3) is 7.86. The first-order valence-electron chi connectivity index (χ1n) is 8.07. The van der Waals surface area contributed by atoms with Crippen LogP contribution >= 0.6 is 0 Å². The zero-order valence-electron chi connectivity index (χ0n) is 13.3. The van der Waals surface area contributed by atoms with Crippen LogP contribution in [0.5, 0.6) is 0 Å². The number of ether oxygens (including phenoxy) is 1. The summed E-state index contributed by atoms with van der Waals surface area (Å²) in [5.74, 6) is -0.873. The Bertz CT molecular complexity index is 397. The fraction of sp³-hybridized carbons (Fsp3) is 0.611. The maximum absolute atomic E-state index is 10.8. The van der Waals surface area contributed by atoms with Crippen molar-refractivity contribution < 1.29 is 14.6 Å². The van der Waals surface area contributed by atoms with Crippen LogP contribution < -0.4 is 0 Å². The highest BCUT2D eigenvalue weighted by Gasteiger charge is 2.03. The highest BCUT2D eigenvalue weighted by Crippen LogP contribution is 2.10. The number of unbranched alkanes of at least 4 members (excludes halogenated alkanes) is 3. The summed E-state index contributed by atoms with van der Waals surface area (Å²) in [4.78, 5) is 10.8. The second kappa shape index (κ2) is 10.4. The quantitative estimate of drug-likeness (QED) is 0.602. The Morgan fingerprint density at radius 1 is 1.14 bits per heavy atom. The van der Waals surface area contributed by atoms with E-state index in [1.54, 1.807) is 12.1 Å². The van der Waals surface area contributed by atoms with Crippen LogP contribution in [0, 0.1) is 0 Å². The van der Waals surface area contributed by atoms with Crippen LogP contribution in [-0.4, -0.2) is 23.8 Å².